The van der Waals surface area contributed by atoms with Crippen molar-refractivity contribution in [3.8, 4) is 0 Å². The van der Waals surface area contributed by atoms with Crippen molar-refractivity contribution in [1.29, 1.82) is 0 Å². The molecule has 1 amide bonds. The molecule has 2 saturated heterocycles. The van der Waals surface area contributed by atoms with Crippen molar-refractivity contribution in [3.63, 3.8) is 0 Å². The van der Waals surface area contributed by atoms with Crippen LogP contribution in [0.1, 0.15) is 53.3 Å². The van der Waals surface area contributed by atoms with Gasteiger partial charge in [-0.1, -0.05) is 11.6 Å². The molecule has 2 atom stereocenters. The lowest BCUT2D eigenvalue weighted by Gasteiger charge is -2.35. The topological polar surface area (TPSA) is 79.8 Å². The number of hydrogen-bond donors (Lipinski definition) is 1. The number of carbonyl (C=O) groups excluding carboxylic acids is 1. The molecule has 180 valence electrons. The van der Waals surface area contributed by atoms with Crippen LogP contribution in [0.25, 0.3) is 5.65 Å². The Kier molecular flexibility index (Phi) is 5.89. The monoisotopic (exact) mass is 492 g/mol. The van der Waals surface area contributed by atoms with Crippen molar-refractivity contribution >= 4 is 29.0 Å². The molecule has 7 nitrogen and oxygen atoms in total. The molecule has 0 unspecified atom stereocenters. The average molecular weight is 493 g/mol. The Labute approximate surface area is 199 Å². The molecule has 34 heavy (non-hydrogen) atoms. The van der Waals surface area contributed by atoms with Gasteiger partial charge in [-0.05, 0) is 38.7 Å². The smallest absolute Gasteiger partial charge is 0.257 e. The predicted octanol–water partition coefficient (Wildman–Crippen LogP) is 4.01. The number of fused-ring (bicyclic) bond motifs is 1. The maximum Gasteiger partial charge on any atom is 0.257 e. The first-order valence-corrected chi connectivity index (χ1v) is 11.6. The first-order valence-electron chi connectivity index (χ1n) is 11.3. The van der Waals surface area contributed by atoms with Crippen LogP contribution >= 0.6 is 11.6 Å². The highest BCUT2D eigenvalue weighted by molar-refractivity contribution is 6.31. The molecule has 11 heteroatoms. The molecule has 0 saturated carbocycles. The third kappa shape index (κ3) is 3.88. The summed E-state index contributed by atoms with van der Waals surface area (Å²) in [6.07, 6.45) is 4.93. The minimum absolute atomic E-state index is 0.116. The SMILES string of the molecule is Cc1cn2nc([C@@H]3CCCCN3C(=O)c3cc(F)c(F)c(Cl)c3F)cc2nc1N1CC[C@H](N)C1. The van der Waals surface area contributed by atoms with Crippen LogP contribution in [0.2, 0.25) is 5.02 Å². The van der Waals surface area contributed by atoms with Crippen LogP contribution in [0.5, 0.6) is 0 Å². The van der Waals surface area contributed by atoms with Crippen molar-refractivity contribution in [2.45, 2.75) is 44.7 Å². The van der Waals surface area contributed by atoms with Crippen LogP contribution in [0, 0.1) is 24.4 Å². The number of nitrogens with zero attached hydrogens (tertiary/aromatic N) is 5. The van der Waals surface area contributed by atoms with E-state index in [0.717, 1.165) is 37.3 Å². The quantitative estimate of drug-likeness (QED) is 0.441. The summed E-state index contributed by atoms with van der Waals surface area (Å²) in [4.78, 5) is 21.6. The predicted molar refractivity (Wildman–Crippen MR) is 121 cm³/mol. The summed E-state index contributed by atoms with van der Waals surface area (Å²) in [6, 6.07) is 2.03. The van der Waals surface area contributed by atoms with Crippen LogP contribution in [0.3, 0.4) is 0 Å². The summed E-state index contributed by atoms with van der Waals surface area (Å²) in [5.41, 5.74) is 7.63. The van der Waals surface area contributed by atoms with Crippen molar-refractivity contribution in [1.82, 2.24) is 19.5 Å². The highest BCUT2D eigenvalue weighted by Crippen LogP contribution is 2.34. The molecule has 3 aromatic rings. The van der Waals surface area contributed by atoms with E-state index >= 15 is 0 Å². The summed E-state index contributed by atoms with van der Waals surface area (Å²) in [5.74, 6) is -4.05. The van der Waals surface area contributed by atoms with E-state index in [4.69, 9.17) is 22.3 Å². The molecule has 2 fully saturated rings. The first-order chi connectivity index (χ1) is 16.2. The lowest BCUT2D eigenvalue weighted by atomic mass is 9.98. The number of rotatable bonds is 3. The highest BCUT2D eigenvalue weighted by Gasteiger charge is 2.34. The minimum Gasteiger partial charge on any atom is -0.355 e. The second-order valence-corrected chi connectivity index (χ2v) is 9.35. The number of piperidine rings is 1. The van der Waals surface area contributed by atoms with Gasteiger partial charge in [-0.25, -0.2) is 22.7 Å². The summed E-state index contributed by atoms with van der Waals surface area (Å²) >= 11 is 5.57. The summed E-state index contributed by atoms with van der Waals surface area (Å²) in [7, 11) is 0. The normalized spacial score (nSPS) is 21.0. The summed E-state index contributed by atoms with van der Waals surface area (Å²) in [6.45, 7) is 3.85. The van der Waals surface area contributed by atoms with Crippen LogP contribution < -0.4 is 10.6 Å². The Bertz CT molecular complexity index is 1280. The van der Waals surface area contributed by atoms with Gasteiger partial charge >= 0.3 is 0 Å². The van der Waals surface area contributed by atoms with Crippen LogP contribution in [0.4, 0.5) is 19.0 Å². The fourth-order valence-corrected chi connectivity index (χ4v) is 5.04. The van der Waals surface area contributed by atoms with Gasteiger partial charge in [-0.2, -0.15) is 5.10 Å². The van der Waals surface area contributed by atoms with E-state index in [1.807, 2.05) is 19.2 Å². The number of hydrogen-bond acceptors (Lipinski definition) is 5. The van der Waals surface area contributed by atoms with E-state index in [1.165, 1.54) is 4.90 Å². The lowest BCUT2D eigenvalue weighted by molar-refractivity contribution is 0.0600. The Morgan fingerprint density at radius 3 is 2.68 bits per heavy atom. The number of nitrogens with two attached hydrogens (primary N) is 1. The molecular formula is C23H24ClF3N6O. The molecule has 0 bridgehead atoms. The molecule has 2 N–H and O–H groups in total. The van der Waals surface area contributed by atoms with Gasteiger partial charge in [0.1, 0.15) is 10.8 Å². The molecule has 4 heterocycles. The average Bonchev–Trinajstić information content (AvgIpc) is 3.44. The molecule has 2 aliphatic rings. The van der Waals surface area contributed by atoms with Crippen molar-refractivity contribution < 1.29 is 18.0 Å². The van der Waals surface area contributed by atoms with Gasteiger partial charge in [0.2, 0.25) is 0 Å². The number of carbonyl (C=O) groups is 1. The van der Waals surface area contributed by atoms with E-state index in [1.54, 1.807) is 4.52 Å². The zero-order chi connectivity index (χ0) is 24.1. The molecular weight excluding hydrogens is 469 g/mol. The molecule has 5 rings (SSSR count). The number of halogens is 4. The van der Waals surface area contributed by atoms with Crippen LogP contribution in [-0.4, -0.2) is 51.1 Å². The van der Waals surface area contributed by atoms with Crippen molar-refractivity contribution in [2.75, 3.05) is 24.5 Å². The van der Waals surface area contributed by atoms with E-state index in [-0.39, 0.29) is 6.04 Å². The third-order valence-electron chi connectivity index (χ3n) is 6.59. The number of likely N-dealkylation sites (tertiary alicyclic amines) is 1. The molecule has 0 aliphatic carbocycles. The number of aromatic nitrogens is 3. The zero-order valence-electron chi connectivity index (χ0n) is 18.6. The lowest BCUT2D eigenvalue weighted by Crippen LogP contribution is -2.39. The molecule has 1 aromatic carbocycles. The molecule has 0 radical (unpaired) electrons. The number of aryl methyl sites for hydroxylation is 1. The van der Waals surface area contributed by atoms with Gasteiger partial charge in [-0.3, -0.25) is 4.79 Å². The van der Waals surface area contributed by atoms with Gasteiger partial charge in [0.15, 0.2) is 23.1 Å². The van der Waals surface area contributed by atoms with Gasteiger partial charge in [0, 0.05) is 43.5 Å². The Morgan fingerprint density at radius 2 is 1.94 bits per heavy atom. The molecule has 2 aromatic heterocycles. The van der Waals surface area contributed by atoms with Gasteiger partial charge in [0.05, 0.1) is 17.3 Å². The Morgan fingerprint density at radius 1 is 1.15 bits per heavy atom. The summed E-state index contributed by atoms with van der Waals surface area (Å²) < 4.78 is 43.8. The van der Waals surface area contributed by atoms with Crippen molar-refractivity contribution in [2.24, 2.45) is 5.73 Å². The molecule has 0 spiro atoms. The van der Waals surface area contributed by atoms with Gasteiger partial charge in [0.25, 0.3) is 5.91 Å². The zero-order valence-corrected chi connectivity index (χ0v) is 19.3. The standard InChI is InChI=1S/C23H24ClF3N6O/c1-12-10-33-18(29-22(12)31-7-5-13(28)11-31)9-16(30-33)17-4-2-3-6-32(17)23(34)14-8-15(25)21(27)19(24)20(14)26/h8-10,13,17H,2-7,11,28H2,1H3/t13-,17-/m0/s1. The van der Waals surface area contributed by atoms with E-state index in [9.17, 15) is 18.0 Å². The first kappa shape index (κ1) is 22.9. The molecule has 2 aliphatic heterocycles. The van der Waals surface area contributed by atoms with Crippen LogP contribution in [0.15, 0.2) is 18.3 Å². The van der Waals surface area contributed by atoms with E-state index < -0.39 is 40.0 Å². The highest BCUT2D eigenvalue weighted by atomic mass is 35.5. The van der Waals surface area contributed by atoms with E-state index in [0.29, 0.717) is 36.8 Å². The summed E-state index contributed by atoms with van der Waals surface area (Å²) in [5, 5.41) is 3.61. The second kappa shape index (κ2) is 8.74. The fourth-order valence-electron chi connectivity index (χ4n) is 4.85. The maximum absolute atomic E-state index is 14.6. The van der Waals surface area contributed by atoms with Gasteiger partial charge < -0.3 is 15.5 Å². The van der Waals surface area contributed by atoms with Crippen LogP contribution in [-0.2, 0) is 0 Å². The second-order valence-electron chi connectivity index (χ2n) is 8.97. The fraction of sp³-hybridized carbons (Fsp3) is 0.435. The Hall–Kier alpha value is -2.85. The minimum atomic E-state index is -1.51. The number of benzene rings is 1. The number of amides is 1. The third-order valence-corrected chi connectivity index (χ3v) is 6.92. The number of anilines is 1. The van der Waals surface area contributed by atoms with Gasteiger partial charge in [-0.15, -0.1) is 0 Å². The largest absolute Gasteiger partial charge is 0.355 e. The van der Waals surface area contributed by atoms with Crippen molar-refractivity contribution in [3.05, 3.63) is 57.6 Å². The van der Waals surface area contributed by atoms with E-state index in [2.05, 4.69) is 10.00 Å². The maximum atomic E-state index is 14.6. The Balaban J connectivity index is 1.49.